The monoisotopic (exact) mass is 478 g/mol. The maximum Gasteiger partial charge on any atom is 0.408 e. The van der Waals surface area contributed by atoms with Crippen LogP contribution in [0.15, 0.2) is 48.5 Å². The molecule has 184 valence electrons. The third-order valence-electron chi connectivity index (χ3n) is 7.72. The Labute approximate surface area is 204 Å². The highest BCUT2D eigenvalue weighted by atomic mass is 16.5. The maximum atomic E-state index is 13.6. The predicted molar refractivity (Wildman–Crippen MR) is 128 cm³/mol. The van der Waals surface area contributed by atoms with Crippen LogP contribution >= 0.6 is 0 Å². The number of carbonyl (C=O) groups excluding carboxylic acids is 2. The van der Waals surface area contributed by atoms with E-state index in [9.17, 15) is 19.5 Å². The summed E-state index contributed by atoms with van der Waals surface area (Å²) in [7, 11) is 1.46. The van der Waals surface area contributed by atoms with E-state index in [0.29, 0.717) is 12.8 Å². The highest BCUT2D eigenvalue weighted by molar-refractivity contribution is 5.91. The van der Waals surface area contributed by atoms with Crippen molar-refractivity contribution in [1.29, 1.82) is 0 Å². The van der Waals surface area contributed by atoms with Gasteiger partial charge in [0.25, 0.3) is 5.91 Å². The van der Waals surface area contributed by atoms with Crippen LogP contribution in [0.25, 0.3) is 11.1 Å². The molecule has 2 bridgehead atoms. The number of rotatable bonds is 7. The molecule has 2 heterocycles. The first-order chi connectivity index (χ1) is 16.8. The molecule has 2 saturated heterocycles. The number of benzene rings is 2. The normalized spacial score (nSPS) is 23.9. The largest absolute Gasteiger partial charge is 0.481 e. The number of hydrogen-bond acceptors (Lipinski definition) is 5. The first kappa shape index (κ1) is 23.4. The first-order valence-electron chi connectivity index (χ1n) is 12.0. The number of fused-ring (bicyclic) bond motifs is 5. The van der Waals surface area contributed by atoms with E-state index in [-0.39, 0.29) is 37.1 Å². The molecule has 2 fully saturated rings. The van der Waals surface area contributed by atoms with E-state index in [0.717, 1.165) is 28.7 Å². The van der Waals surface area contributed by atoms with Crippen molar-refractivity contribution in [3.8, 4) is 11.1 Å². The van der Waals surface area contributed by atoms with Crippen LogP contribution < -0.4 is 5.32 Å². The van der Waals surface area contributed by atoms with Crippen LogP contribution in [0.5, 0.6) is 0 Å². The molecule has 0 radical (unpaired) electrons. The Morgan fingerprint density at radius 2 is 1.69 bits per heavy atom. The topological polar surface area (TPSA) is 105 Å². The minimum absolute atomic E-state index is 0.0519. The van der Waals surface area contributed by atoms with Crippen molar-refractivity contribution in [2.24, 2.45) is 5.92 Å². The van der Waals surface area contributed by atoms with Gasteiger partial charge in [-0.25, -0.2) is 4.79 Å². The van der Waals surface area contributed by atoms with Crippen LogP contribution in [0.3, 0.4) is 0 Å². The van der Waals surface area contributed by atoms with E-state index < -0.39 is 23.5 Å². The number of ether oxygens (including phenoxy) is 2. The second-order valence-corrected chi connectivity index (χ2v) is 9.91. The van der Waals surface area contributed by atoms with E-state index in [1.807, 2.05) is 36.4 Å². The van der Waals surface area contributed by atoms with Gasteiger partial charge in [-0.2, -0.15) is 0 Å². The second-order valence-electron chi connectivity index (χ2n) is 9.91. The Morgan fingerprint density at radius 1 is 1.06 bits per heavy atom. The van der Waals surface area contributed by atoms with Gasteiger partial charge in [0.1, 0.15) is 12.1 Å². The lowest BCUT2D eigenvalue weighted by Crippen LogP contribution is -2.61. The quantitative estimate of drug-likeness (QED) is 0.632. The molecule has 3 aliphatic rings. The lowest BCUT2D eigenvalue weighted by Gasteiger charge is -2.35. The summed E-state index contributed by atoms with van der Waals surface area (Å²) in [5.74, 6) is -1.88. The third kappa shape index (κ3) is 3.95. The Balaban J connectivity index is 1.29. The fraction of sp³-hybridized carbons (Fsp3) is 0.444. The highest BCUT2D eigenvalue weighted by Gasteiger charge is 2.55. The third-order valence-corrected chi connectivity index (χ3v) is 7.72. The van der Waals surface area contributed by atoms with Crippen molar-refractivity contribution in [2.75, 3.05) is 20.3 Å². The summed E-state index contributed by atoms with van der Waals surface area (Å²) in [5.41, 5.74) is 3.10. The zero-order valence-corrected chi connectivity index (χ0v) is 19.9. The number of carboxylic acids is 1. The summed E-state index contributed by atoms with van der Waals surface area (Å²) in [6.45, 7) is 1.69. The van der Waals surface area contributed by atoms with Gasteiger partial charge in [0.2, 0.25) is 0 Å². The molecule has 2 aliphatic heterocycles. The molecule has 5 rings (SSSR count). The summed E-state index contributed by atoms with van der Waals surface area (Å²) >= 11 is 0. The van der Waals surface area contributed by atoms with Crippen molar-refractivity contribution >= 4 is 18.0 Å². The van der Waals surface area contributed by atoms with Crippen LogP contribution in [-0.2, 0) is 19.1 Å². The Bertz CT molecular complexity index is 1120. The summed E-state index contributed by atoms with van der Waals surface area (Å²) in [5, 5.41) is 12.3. The van der Waals surface area contributed by atoms with Gasteiger partial charge in [-0.1, -0.05) is 48.5 Å². The van der Waals surface area contributed by atoms with Crippen LogP contribution in [0.2, 0.25) is 0 Å². The molecular weight excluding hydrogens is 448 g/mol. The average Bonchev–Trinajstić information content (AvgIpc) is 3.52. The Hall–Kier alpha value is -3.39. The van der Waals surface area contributed by atoms with E-state index >= 15 is 0 Å². The summed E-state index contributed by atoms with van der Waals surface area (Å²) in [6.07, 6.45) is 1.16. The zero-order chi connectivity index (χ0) is 24.7. The molecule has 0 spiro atoms. The van der Waals surface area contributed by atoms with Crippen molar-refractivity contribution in [1.82, 2.24) is 10.2 Å². The number of alkyl carbamates (subject to hydrolysis) is 1. The summed E-state index contributed by atoms with van der Waals surface area (Å²) in [6, 6.07) is 15.7. The smallest absolute Gasteiger partial charge is 0.408 e. The minimum atomic E-state index is -1.37. The van der Waals surface area contributed by atoms with Crippen molar-refractivity contribution < 1.29 is 29.0 Å². The van der Waals surface area contributed by atoms with Gasteiger partial charge < -0.3 is 24.8 Å². The first-order valence-corrected chi connectivity index (χ1v) is 12.0. The molecule has 8 nitrogen and oxygen atoms in total. The van der Waals surface area contributed by atoms with Crippen LogP contribution in [-0.4, -0.2) is 65.9 Å². The molecule has 2 aromatic rings. The number of amides is 2. The van der Waals surface area contributed by atoms with Gasteiger partial charge in [-0.05, 0) is 48.4 Å². The van der Waals surface area contributed by atoms with Gasteiger partial charge in [0.15, 0.2) is 0 Å². The van der Waals surface area contributed by atoms with Gasteiger partial charge >= 0.3 is 12.1 Å². The number of nitrogens with one attached hydrogen (secondary N) is 1. The highest BCUT2D eigenvalue weighted by Crippen LogP contribution is 2.45. The summed E-state index contributed by atoms with van der Waals surface area (Å²) < 4.78 is 10.9. The SMILES string of the molecule is COCC(C)(NC(=O)OCC1c2ccccc2-c2ccccc21)C(=O)N1C2CCC1C(C(=O)O)C2. The molecule has 4 unspecified atom stereocenters. The van der Waals surface area contributed by atoms with Gasteiger partial charge in [-0.15, -0.1) is 0 Å². The molecule has 2 aromatic carbocycles. The Morgan fingerprint density at radius 3 is 2.26 bits per heavy atom. The molecule has 2 amide bonds. The molecule has 1 aliphatic carbocycles. The maximum absolute atomic E-state index is 13.6. The fourth-order valence-corrected chi connectivity index (χ4v) is 6.16. The lowest BCUT2D eigenvalue weighted by atomic mass is 9.89. The van der Waals surface area contributed by atoms with E-state index in [1.165, 1.54) is 7.11 Å². The van der Waals surface area contributed by atoms with E-state index in [2.05, 4.69) is 17.4 Å². The average molecular weight is 479 g/mol. The number of carboxylic acid groups (broad SMARTS) is 1. The molecule has 4 atom stereocenters. The second kappa shape index (κ2) is 9.00. The van der Waals surface area contributed by atoms with E-state index in [4.69, 9.17) is 9.47 Å². The molecular formula is C27H30N2O6. The molecule has 8 heteroatoms. The predicted octanol–water partition coefficient (Wildman–Crippen LogP) is 3.39. The van der Waals surface area contributed by atoms with Crippen molar-refractivity contribution in [3.63, 3.8) is 0 Å². The number of nitrogens with zero attached hydrogens (tertiary/aromatic N) is 1. The zero-order valence-electron chi connectivity index (χ0n) is 19.9. The summed E-state index contributed by atoms with van der Waals surface area (Å²) in [4.78, 5) is 39.8. The molecule has 2 N–H and O–H groups in total. The molecule has 0 aromatic heterocycles. The molecule has 0 saturated carbocycles. The minimum Gasteiger partial charge on any atom is -0.481 e. The number of hydrogen-bond donors (Lipinski definition) is 2. The van der Waals surface area contributed by atoms with Crippen LogP contribution in [0.1, 0.15) is 43.2 Å². The fourth-order valence-electron chi connectivity index (χ4n) is 6.16. The van der Waals surface area contributed by atoms with Gasteiger partial charge in [0.05, 0.1) is 12.5 Å². The van der Waals surface area contributed by atoms with Crippen molar-refractivity contribution in [3.05, 3.63) is 59.7 Å². The van der Waals surface area contributed by atoms with Gasteiger partial charge in [0, 0.05) is 25.1 Å². The molecule has 35 heavy (non-hydrogen) atoms. The lowest BCUT2D eigenvalue weighted by molar-refractivity contribution is -0.145. The van der Waals surface area contributed by atoms with Crippen LogP contribution in [0.4, 0.5) is 4.79 Å². The Kier molecular flexibility index (Phi) is 6.01. The number of methoxy groups -OCH3 is 1. The van der Waals surface area contributed by atoms with E-state index in [1.54, 1.807) is 11.8 Å². The number of aliphatic carboxylic acids is 1. The standard InChI is InChI=1S/C27H30N2O6/c1-27(15-34-2,25(32)29-16-11-12-23(29)21(13-16)24(30)31)28-26(33)35-14-22-19-9-5-3-7-17(19)18-8-4-6-10-20(18)22/h3-10,16,21-23H,11-15H2,1-2H3,(H,28,33)(H,30,31). The van der Waals surface area contributed by atoms with Gasteiger partial charge in [-0.3, -0.25) is 9.59 Å². The number of carbonyl (C=O) groups is 3. The van der Waals surface area contributed by atoms with Crippen LogP contribution in [0, 0.1) is 5.92 Å². The van der Waals surface area contributed by atoms with Crippen molar-refractivity contribution in [2.45, 2.75) is 49.7 Å².